The van der Waals surface area contributed by atoms with Gasteiger partial charge in [0.15, 0.2) is 0 Å². The number of benzene rings is 1. The number of nitrogens with zero attached hydrogens (tertiary/aromatic N) is 1. The SMILES string of the molecule is O=C(Nc1cccc(F)c1)c1ccnc(C(=O)NCc2ccco2)c1. The van der Waals surface area contributed by atoms with Crippen molar-refractivity contribution in [3.63, 3.8) is 0 Å². The normalized spacial score (nSPS) is 10.3. The lowest BCUT2D eigenvalue weighted by Gasteiger charge is -2.07. The van der Waals surface area contributed by atoms with Gasteiger partial charge in [0.1, 0.15) is 17.3 Å². The van der Waals surface area contributed by atoms with Gasteiger partial charge in [0.05, 0.1) is 12.8 Å². The largest absolute Gasteiger partial charge is 0.467 e. The fourth-order valence-electron chi connectivity index (χ4n) is 2.14. The third-order valence-electron chi connectivity index (χ3n) is 3.34. The van der Waals surface area contributed by atoms with Crippen LogP contribution in [0.1, 0.15) is 26.6 Å². The van der Waals surface area contributed by atoms with Crippen LogP contribution in [0.15, 0.2) is 65.4 Å². The summed E-state index contributed by atoms with van der Waals surface area (Å²) < 4.78 is 18.3. The van der Waals surface area contributed by atoms with Crippen LogP contribution in [-0.4, -0.2) is 16.8 Å². The fourth-order valence-corrected chi connectivity index (χ4v) is 2.14. The first-order valence-electron chi connectivity index (χ1n) is 7.45. The molecule has 3 rings (SSSR count). The van der Waals surface area contributed by atoms with Crippen LogP contribution < -0.4 is 10.6 Å². The van der Waals surface area contributed by atoms with Crippen LogP contribution in [0.5, 0.6) is 0 Å². The summed E-state index contributed by atoms with van der Waals surface area (Å²) in [6.07, 6.45) is 2.87. The Balaban J connectivity index is 1.67. The number of hydrogen-bond donors (Lipinski definition) is 2. The van der Waals surface area contributed by atoms with E-state index in [-0.39, 0.29) is 17.8 Å². The lowest BCUT2D eigenvalue weighted by atomic mass is 10.2. The van der Waals surface area contributed by atoms with Crippen LogP contribution in [0.3, 0.4) is 0 Å². The summed E-state index contributed by atoms with van der Waals surface area (Å²) >= 11 is 0. The van der Waals surface area contributed by atoms with Crippen molar-refractivity contribution in [3.8, 4) is 0 Å². The van der Waals surface area contributed by atoms with Crippen LogP contribution >= 0.6 is 0 Å². The molecule has 0 spiro atoms. The predicted octanol–water partition coefficient (Wildman–Crippen LogP) is 3.00. The molecule has 0 bridgehead atoms. The highest BCUT2D eigenvalue weighted by Crippen LogP contribution is 2.12. The summed E-state index contributed by atoms with van der Waals surface area (Å²) in [4.78, 5) is 28.3. The number of rotatable bonds is 5. The number of carbonyl (C=O) groups excluding carboxylic acids is 2. The molecule has 7 heteroatoms. The molecule has 2 N–H and O–H groups in total. The number of pyridine rings is 1. The molecule has 0 radical (unpaired) electrons. The second-order valence-corrected chi connectivity index (χ2v) is 5.16. The van der Waals surface area contributed by atoms with Crippen molar-refractivity contribution in [2.75, 3.05) is 5.32 Å². The van der Waals surface area contributed by atoms with E-state index in [1.54, 1.807) is 18.2 Å². The monoisotopic (exact) mass is 339 g/mol. The van der Waals surface area contributed by atoms with Crippen LogP contribution in [0.25, 0.3) is 0 Å². The van der Waals surface area contributed by atoms with Crippen molar-refractivity contribution in [2.45, 2.75) is 6.54 Å². The van der Waals surface area contributed by atoms with E-state index in [0.29, 0.717) is 11.4 Å². The molecule has 2 heterocycles. The van der Waals surface area contributed by atoms with Crippen molar-refractivity contribution >= 4 is 17.5 Å². The van der Waals surface area contributed by atoms with Gasteiger partial charge < -0.3 is 15.1 Å². The maximum absolute atomic E-state index is 13.2. The number of hydrogen-bond acceptors (Lipinski definition) is 4. The highest BCUT2D eigenvalue weighted by atomic mass is 19.1. The Kier molecular flexibility index (Phi) is 4.84. The minimum atomic E-state index is -0.465. The van der Waals surface area contributed by atoms with Gasteiger partial charge in [-0.05, 0) is 42.5 Å². The second-order valence-electron chi connectivity index (χ2n) is 5.16. The maximum atomic E-state index is 13.2. The molecule has 2 amide bonds. The lowest BCUT2D eigenvalue weighted by molar-refractivity contribution is 0.0943. The summed E-state index contributed by atoms with van der Waals surface area (Å²) in [5.74, 6) is -0.747. The van der Waals surface area contributed by atoms with Gasteiger partial charge in [-0.2, -0.15) is 0 Å². The van der Waals surface area contributed by atoms with Crippen LogP contribution in [0.4, 0.5) is 10.1 Å². The molecule has 0 aliphatic rings. The van der Waals surface area contributed by atoms with E-state index in [4.69, 9.17) is 4.42 Å². The smallest absolute Gasteiger partial charge is 0.270 e. The Morgan fingerprint density at radius 3 is 2.72 bits per heavy atom. The summed E-state index contributed by atoms with van der Waals surface area (Å²) in [6, 6.07) is 11.8. The molecular weight excluding hydrogens is 325 g/mol. The van der Waals surface area contributed by atoms with Crippen molar-refractivity contribution < 1.29 is 18.4 Å². The molecule has 25 heavy (non-hydrogen) atoms. The Morgan fingerprint density at radius 2 is 1.96 bits per heavy atom. The predicted molar refractivity (Wildman–Crippen MR) is 88.5 cm³/mol. The number of nitrogens with one attached hydrogen (secondary N) is 2. The number of halogens is 1. The van der Waals surface area contributed by atoms with Gasteiger partial charge in [-0.3, -0.25) is 14.6 Å². The minimum Gasteiger partial charge on any atom is -0.467 e. The third-order valence-corrected chi connectivity index (χ3v) is 3.34. The first-order chi connectivity index (χ1) is 12.1. The van der Waals surface area contributed by atoms with Crippen LogP contribution in [-0.2, 0) is 6.54 Å². The Bertz CT molecular complexity index is 894. The molecule has 0 fully saturated rings. The van der Waals surface area contributed by atoms with Crippen molar-refractivity contribution in [3.05, 3.63) is 83.8 Å². The quantitative estimate of drug-likeness (QED) is 0.748. The summed E-state index contributed by atoms with van der Waals surface area (Å²) in [7, 11) is 0. The van der Waals surface area contributed by atoms with Gasteiger partial charge in [0, 0.05) is 17.4 Å². The molecule has 0 atom stereocenters. The minimum absolute atomic E-state index is 0.0958. The molecule has 2 aromatic heterocycles. The average molecular weight is 339 g/mol. The molecule has 0 aliphatic heterocycles. The zero-order valence-electron chi connectivity index (χ0n) is 13.0. The zero-order chi connectivity index (χ0) is 17.6. The van der Waals surface area contributed by atoms with Crippen molar-refractivity contribution in [1.29, 1.82) is 0 Å². The van der Waals surface area contributed by atoms with Crippen molar-refractivity contribution in [1.82, 2.24) is 10.3 Å². The lowest BCUT2D eigenvalue weighted by Crippen LogP contribution is -2.24. The zero-order valence-corrected chi connectivity index (χ0v) is 13.0. The number of anilines is 1. The topological polar surface area (TPSA) is 84.2 Å². The maximum Gasteiger partial charge on any atom is 0.270 e. The molecular formula is C18H14FN3O3. The Labute approximate surface area is 142 Å². The van der Waals surface area contributed by atoms with E-state index in [9.17, 15) is 14.0 Å². The fraction of sp³-hybridized carbons (Fsp3) is 0.0556. The molecule has 6 nitrogen and oxygen atoms in total. The summed E-state index contributed by atoms with van der Waals surface area (Å²) in [6.45, 7) is 0.216. The number of aromatic nitrogens is 1. The Morgan fingerprint density at radius 1 is 1.08 bits per heavy atom. The summed E-state index contributed by atoms with van der Waals surface area (Å²) in [5, 5.41) is 5.21. The highest BCUT2D eigenvalue weighted by molar-refractivity contribution is 6.05. The van der Waals surface area contributed by atoms with E-state index in [2.05, 4.69) is 15.6 Å². The first kappa shape index (κ1) is 16.4. The van der Waals surface area contributed by atoms with E-state index >= 15 is 0 Å². The molecule has 0 saturated heterocycles. The second kappa shape index (κ2) is 7.39. The Hall–Kier alpha value is -3.48. The van der Waals surface area contributed by atoms with Crippen LogP contribution in [0, 0.1) is 5.82 Å². The van der Waals surface area contributed by atoms with Gasteiger partial charge in [-0.25, -0.2) is 4.39 Å². The third kappa shape index (κ3) is 4.29. The van der Waals surface area contributed by atoms with Gasteiger partial charge in [0.2, 0.25) is 0 Å². The number of furan rings is 1. The average Bonchev–Trinajstić information content (AvgIpc) is 3.13. The van der Waals surface area contributed by atoms with Gasteiger partial charge >= 0.3 is 0 Å². The molecule has 126 valence electrons. The molecule has 0 unspecified atom stereocenters. The highest BCUT2D eigenvalue weighted by Gasteiger charge is 2.12. The first-order valence-corrected chi connectivity index (χ1v) is 7.45. The molecule has 0 saturated carbocycles. The van der Waals surface area contributed by atoms with Crippen molar-refractivity contribution in [2.24, 2.45) is 0 Å². The van der Waals surface area contributed by atoms with Gasteiger partial charge in [-0.15, -0.1) is 0 Å². The van der Waals surface area contributed by atoms with Crippen LogP contribution in [0.2, 0.25) is 0 Å². The van der Waals surface area contributed by atoms with E-state index in [1.807, 2.05) is 0 Å². The van der Waals surface area contributed by atoms with Gasteiger partial charge in [0.25, 0.3) is 11.8 Å². The number of amides is 2. The van der Waals surface area contributed by atoms with E-state index in [0.717, 1.165) is 0 Å². The molecule has 3 aromatic rings. The summed E-state index contributed by atoms with van der Waals surface area (Å²) in [5.41, 5.74) is 0.659. The van der Waals surface area contributed by atoms with E-state index in [1.165, 1.54) is 42.8 Å². The number of carbonyl (C=O) groups is 2. The molecule has 0 aliphatic carbocycles. The molecule has 1 aromatic carbocycles. The van der Waals surface area contributed by atoms with E-state index < -0.39 is 17.6 Å². The standard InChI is InChI=1S/C18H14FN3O3/c19-13-3-1-4-14(10-13)22-17(23)12-6-7-20-16(9-12)18(24)21-11-15-5-2-8-25-15/h1-10H,11H2,(H,21,24)(H,22,23). The van der Waals surface area contributed by atoms with Gasteiger partial charge in [-0.1, -0.05) is 6.07 Å².